The molecule has 118 valence electrons. The molecule has 2 N–H and O–H groups in total. The normalized spacial score (nSPS) is 21.7. The minimum Gasteiger partial charge on any atom is -0.354 e. The van der Waals surface area contributed by atoms with Gasteiger partial charge < -0.3 is 10.3 Å². The molecule has 1 unspecified atom stereocenters. The van der Waals surface area contributed by atoms with Gasteiger partial charge in [0.15, 0.2) is 0 Å². The number of hydrogen-bond donors (Lipinski definition) is 2. The number of fused-ring (bicyclic) bond motifs is 1. The summed E-state index contributed by atoms with van der Waals surface area (Å²) >= 11 is 0. The van der Waals surface area contributed by atoms with Gasteiger partial charge in [-0.1, -0.05) is 30.3 Å². The molecule has 1 saturated heterocycles. The van der Waals surface area contributed by atoms with Crippen LogP contribution in [0.5, 0.6) is 0 Å². The Labute approximate surface area is 133 Å². The van der Waals surface area contributed by atoms with Gasteiger partial charge >= 0.3 is 0 Å². The van der Waals surface area contributed by atoms with E-state index in [0.717, 1.165) is 27.7 Å². The van der Waals surface area contributed by atoms with E-state index in [2.05, 4.69) is 10.3 Å². The molecule has 2 aromatic carbocycles. The summed E-state index contributed by atoms with van der Waals surface area (Å²) < 4.78 is 28.4. The first-order valence-electron chi connectivity index (χ1n) is 7.95. The van der Waals surface area contributed by atoms with Gasteiger partial charge in [0, 0.05) is 23.4 Å². The molecule has 0 spiro atoms. The average molecular weight is 312 g/mol. The number of aromatic amines is 1. The second kappa shape index (κ2) is 5.78. The van der Waals surface area contributed by atoms with Crippen molar-refractivity contribution in [2.75, 3.05) is 13.1 Å². The highest BCUT2D eigenvalue weighted by Crippen LogP contribution is 2.39. The number of piperidine rings is 1. The van der Waals surface area contributed by atoms with E-state index >= 15 is 0 Å². The standard InChI is InChI=1S/C19H18F2N2/c20-13-6-7-17-14(10-13)18(15-11-22-9-8-16(15)21)19(23-17)12-4-2-1-3-5-12/h1-7,10,15-16,22-23H,8-9,11H2/t15?,16-/m1/s1. The van der Waals surface area contributed by atoms with Crippen molar-refractivity contribution in [2.45, 2.75) is 18.5 Å². The van der Waals surface area contributed by atoms with Gasteiger partial charge in [0.2, 0.25) is 0 Å². The summed E-state index contributed by atoms with van der Waals surface area (Å²) in [6.07, 6.45) is -0.429. The van der Waals surface area contributed by atoms with Crippen molar-refractivity contribution < 1.29 is 8.78 Å². The van der Waals surface area contributed by atoms with Crippen LogP contribution in [0.1, 0.15) is 17.9 Å². The molecule has 4 heteroatoms. The van der Waals surface area contributed by atoms with Crippen molar-refractivity contribution in [3.8, 4) is 11.3 Å². The highest BCUT2D eigenvalue weighted by Gasteiger charge is 2.31. The van der Waals surface area contributed by atoms with Crippen LogP contribution in [0, 0.1) is 5.82 Å². The first-order chi connectivity index (χ1) is 11.2. The van der Waals surface area contributed by atoms with Crippen LogP contribution in [0.15, 0.2) is 48.5 Å². The molecule has 23 heavy (non-hydrogen) atoms. The van der Waals surface area contributed by atoms with Crippen molar-refractivity contribution >= 4 is 10.9 Å². The van der Waals surface area contributed by atoms with Gasteiger partial charge in [-0.15, -0.1) is 0 Å². The third-order valence-electron chi connectivity index (χ3n) is 4.63. The molecule has 4 rings (SSSR count). The molecule has 1 aliphatic rings. The molecule has 0 saturated carbocycles. The summed E-state index contributed by atoms with van der Waals surface area (Å²) in [5.41, 5.74) is 3.61. The maximum Gasteiger partial charge on any atom is 0.123 e. The average Bonchev–Trinajstić information content (AvgIpc) is 2.94. The number of nitrogens with one attached hydrogen (secondary N) is 2. The fourth-order valence-electron chi connectivity index (χ4n) is 3.51. The second-order valence-electron chi connectivity index (χ2n) is 6.08. The van der Waals surface area contributed by atoms with Crippen LogP contribution in [0.4, 0.5) is 8.78 Å². The maximum atomic E-state index is 14.6. The van der Waals surface area contributed by atoms with Gasteiger partial charge in [0.05, 0.1) is 5.69 Å². The third kappa shape index (κ3) is 2.53. The number of aromatic nitrogens is 1. The lowest BCUT2D eigenvalue weighted by Crippen LogP contribution is -2.36. The Kier molecular flexibility index (Phi) is 3.62. The lowest BCUT2D eigenvalue weighted by Gasteiger charge is -2.27. The Morgan fingerprint density at radius 1 is 1.04 bits per heavy atom. The maximum absolute atomic E-state index is 14.6. The molecule has 0 aliphatic carbocycles. The summed E-state index contributed by atoms with van der Waals surface area (Å²) in [7, 11) is 0. The van der Waals surface area contributed by atoms with Gasteiger partial charge in [-0.05, 0) is 42.3 Å². The molecular weight excluding hydrogens is 294 g/mol. The highest BCUT2D eigenvalue weighted by molar-refractivity contribution is 5.91. The van der Waals surface area contributed by atoms with E-state index in [1.165, 1.54) is 12.1 Å². The summed E-state index contributed by atoms with van der Waals surface area (Å²) in [5, 5.41) is 4.04. The van der Waals surface area contributed by atoms with Gasteiger partial charge in [-0.3, -0.25) is 0 Å². The minimum absolute atomic E-state index is 0.269. The predicted molar refractivity (Wildman–Crippen MR) is 88.8 cm³/mol. The first kappa shape index (κ1) is 14.4. The second-order valence-corrected chi connectivity index (χ2v) is 6.08. The monoisotopic (exact) mass is 312 g/mol. The van der Waals surface area contributed by atoms with Gasteiger partial charge in [0.25, 0.3) is 0 Å². The zero-order valence-corrected chi connectivity index (χ0v) is 12.7. The fraction of sp³-hybridized carbons (Fsp3) is 0.263. The smallest absolute Gasteiger partial charge is 0.123 e. The number of rotatable bonds is 2. The summed E-state index contributed by atoms with van der Waals surface area (Å²) in [6, 6.07) is 14.5. The fourth-order valence-corrected chi connectivity index (χ4v) is 3.51. The van der Waals surface area contributed by atoms with E-state index in [1.54, 1.807) is 6.07 Å². The van der Waals surface area contributed by atoms with E-state index < -0.39 is 6.17 Å². The van der Waals surface area contributed by atoms with Crippen LogP contribution in [-0.4, -0.2) is 24.2 Å². The molecule has 1 aromatic heterocycles. The molecular formula is C19H18F2N2. The molecule has 1 aliphatic heterocycles. The Morgan fingerprint density at radius 3 is 2.65 bits per heavy atom. The SMILES string of the molecule is Fc1ccc2[nH]c(-c3ccccc3)c(C3CNCC[C@H]3F)c2c1. The first-order valence-corrected chi connectivity index (χ1v) is 7.95. The molecule has 0 amide bonds. The van der Waals surface area contributed by atoms with Gasteiger partial charge in [0.1, 0.15) is 12.0 Å². The van der Waals surface area contributed by atoms with Gasteiger partial charge in [-0.2, -0.15) is 0 Å². The van der Waals surface area contributed by atoms with Crippen LogP contribution in [0.25, 0.3) is 22.2 Å². The largest absolute Gasteiger partial charge is 0.354 e. The zero-order chi connectivity index (χ0) is 15.8. The van der Waals surface area contributed by atoms with Crippen LogP contribution < -0.4 is 5.32 Å². The Hall–Kier alpha value is -2.20. The van der Waals surface area contributed by atoms with E-state index in [-0.39, 0.29) is 11.7 Å². The third-order valence-corrected chi connectivity index (χ3v) is 4.63. The van der Waals surface area contributed by atoms with Crippen LogP contribution >= 0.6 is 0 Å². The number of alkyl halides is 1. The Balaban J connectivity index is 1.96. The molecule has 2 heterocycles. The molecule has 0 bridgehead atoms. The molecule has 2 atom stereocenters. The van der Waals surface area contributed by atoms with Crippen molar-refractivity contribution in [2.24, 2.45) is 0 Å². The minimum atomic E-state index is -0.916. The van der Waals surface area contributed by atoms with Crippen LogP contribution in [-0.2, 0) is 0 Å². The van der Waals surface area contributed by atoms with Crippen molar-refractivity contribution in [3.63, 3.8) is 0 Å². The van der Waals surface area contributed by atoms with Crippen molar-refractivity contribution in [1.29, 1.82) is 0 Å². The molecule has 0 radical (unpaired) electrons. The lowest BCUT2D eigenvalue weighted by atomic mass is 9.86. The molecule has 3 aromatic rings. The number of halogens is 2. The van der Waals surface area contributed by atoms with Crippen LogP contribution in [0.2, 0.25) is 0 Å². The molecule has 1 fully saturated rings. The van der Waals surface area contributed by atoms with Gasteiger partial charge in [-0.25, -0.2) is 8.78 Å². The topological polar surface area (TPSA) is 27.8 Å². The Bertz CT molecular complexity index is 826. The number of hydrogen-bond acceptors (Lipinski definition) is 1. The molecule has 2 nitrogen and oxygen atoms in total. The van der Waals surface area contributed by atoms with E-state index in [1.807, 2.05) is 30.3 Å². The summed E-state index contributed by atoms with van der Waals surface area (Å²) in [4.78, 5) is 3.36. The quantitative estimate of drug-likeness (QED) is 0.721. The van der Waals surface area contributed by atoms with E-state index in [9.17, 15) is 8.78 Å². The lowest BCUT2D eigenvalue weighted by molar-refractivity contribution is 0.229. The number of benzene rings is 2. The van der Waals surface area contributed by atoms with Crippen molar-refractivity contribution in [1.82, 2.24) is 10.3 Å². The summed E-state index contributed by atoms with van der Waals surface area (Å²) in [5.74, 6) is -0.564. The predicted octanol–water partition coefficient (Wildman–Crippen LogP) is 4.39. The van der Waals surface area contributed by atoms with Crippen molar-refractivity contribution in [3.05, 3.63) is 59.9 Å². The Morgan fingerprint density at radius 2 is 1.87 bits per heavy atom. The zero-order valence-electron chi connectivity index (χ0n) is 12.7. The van der Waals surface area contributed by atoms with Crippen LogP contribution in [0.3, 0.4) is 0 Å². The van der Waals surface area contributed by atoms with E-state index in [0.29, 0.717) is 19.5 Å². The number of H-pyrrole nitrogens is 1. The van der Waals surface area contributed by atoms with E-state index in [4.69, 9.17) is 0 Å². The summed E-state index contributed by atoms with van der Waals surface area (Å²) in [6.45, 7) is 1.26. The highest BCUT2D eigenvalue weighted by atomic mass is 19.1.